The van der Waals surface area contributed by atoms with E-state index in [0.29, 0.717) is 11.4 Å². The first-order chi connectivity index (χ1) is 11.8. The molecule has 2 amide bonds. The van der Waals surface area contributed by atoms with Gasteiger partial charge in [-0.3, -0.25) is 24.5 Å². The first kappa shape index (κ1) is 20.4. The second kappa shape index (κ2) is 10.3. The lowest BCUT2D eigenvalue weighted by molar-refractivity contribution is -0.384. The van der Waals surface area contributed by atoms with Gasteiger partial charge in [0, 0.05) is 23.6 Å². The van der Waals surface area contributed by atoms with Gasteiger partial charge in [-0.05, 0) is 26.0 Å². The van der Waals surface area contributed by atoms with Crippen molar-refractivity contribution in [3.63, 3.8) is 0 Å². The van der Waals surface area contributed by atoms with Crippen LogP contribution in [-0.2, 0) is 19.1 Å². The predicted molar refractivity (Wildman–Crippen MR) is 91.1 cm³/mol. The Kier molecular flexibility index (Phi) is 8.40. The minimum Gasteiger partial charge on any atom is -0.455 e. The molecule has 0 bridgehead atoms. The van der Waals surface area contributed by atoms with Crippen LogP contribution in [0.1, 0.15) is 13.8 Å². The van der Waals surface area contributed by atoms with Gasteiger partial charge in [0.05, 0.1) is 10.7 Å². The molecule has 0 spiro atoms. The highest BCUT2D eigenvalue weighted by atomic mass is 32.2. The van der Waals surface area contributed by atoms with E-state index in [0.717, 1.165) is 11.8 Å². The quantitative estimate of drug-likeness (QED) is 0.286. The van der Waals surface area contributed by atoms with Gasteiger partial charge < -0.3 is 15.4 Å². The van der Waals surface area contributed by atoms with E-state index in [4.69, 9.17) is 4.74 Å². The predicted octanol–water partition coefficient (Wildman–Crippen LogP) is 0.871. The molecule has 1 rings (SSSR count). The number of non-ortho nitro benzene ring substituents is 1. The summed E-state index contributed by atoms with van der Waals surface area (Å²) in [6, 6.07) is 5.00. The molecule has 9 nitrogen and oxygen atoms in total. The van der Waals surface area contributed by atoms with Gasteiger partial charge >= 0.3 is 5.97 Å². The first-order valence-corrected chi connectivity index (χ1v) is 8.42. The average molecular weight is 369 g/mol. The van der Waals surface area contributed by atoms with Crippen LogP contribution in [0.3, 0.4) is 0 Å². The average Bonchev–Trinajstić information content (AvgIpc) is 2.58. The lowest BCUT2D eigenvalue weighted by Crippen LogP contribution is -2.46. The monoisotopic (exact) mass is 369 g/mol. The van der Waals surface area contributed by atoms with Crippen molar-refractivity contribution in [1.29, 1.82) is 0 Å². The number of esters is 1. The Morgan fingerprint density at radius 2 is 1.92 bits per heavy atom. The topological polar surface area (TPSA) is 128 Å². The summed E-state index contributed by atoms with van der Waals surface area (Å²) in [4.78, 5) is 45.4. The van der Waals surface area contributed by atoms with Crippen molar-refractivity contribution in [2.45, 2.75) is 24.8 Å². The Hall–Kier alpha value is -2.62. The number of nitro groups is 1. The Morgan fingerprint density at radius 1 is 1.28 bits per heavy atom. The molecular formula is C15H19N3O6S. The highest BCUT2D eigenvalue weighted by Gasteiger charge is 2.16. The van der Waals surface area contributed by atoms with Gasteiger partial charge in [-0.15, -0.1) is 11.8 Å². The van der Waals surface area contributed by atoms with Crippen LogP contribution in [0.15, 0.2) is 29.2 Å². The molecule has 0 heterocycles. The summed E-state index contributed by atoms with van der Waals surface area (Å²) in [6.45, 7) is 3.25. The van der Waals surface area contributed by atoms with E-state index >= 15 is 0 Å². The Morgan fingerprint density at radius 3 is 2.48 bits per heavy atom. The van der Waals surface area contributed by atoms with E-state index in [-0.39, 0.29) is 17.3 Å². The molecule has 0 saturated carbocycles. The lowest BCUT2D eigenvalue weighted by atomic mass is 10.3. The number of nitro benzene ring substituents is 1. The van der Waals surface area contributed by atoms with Crippen molar-refractivity contribution < 1.29 is 24.0 Å². The van der Waals surface area contributed by atoms with Crippen molar-refractivity contribution >= 4 is 35.2 Å². The third kappa shape index (κ3) is 7.66. The van der Waals surface area contributed by atoms with Gasteiger partial charge in [0.15, 0.2) is 6.61 Å². The van der Waals surface area contributed by atoms with Crippen molar-refractivity contribution in [1.82, 2.24) is 10.6 Å². The van der Waals surface area contributed by atoms with Crippen LogP contribution in [0.2, 0.25) is 0 Å². The summed E-state index contributed by atoms with van der Waals surface area (Å²) in [7, 11) is 0. The van der Waals surface area contributed by atoms with Gasteiger partial charge in [-0.2, -0.15) is 0 Å². The number of carbonyl (C=O) groups is 3. The number of rotatable bonds is 9. The Balaban J connectivity index is 2.31. The molecule has 0 radical (unpaired) electrons. The number of amides is 2. The molecule has 0 aliphatic heterocycles. The summed E-state index contributed by atoms with van der Waals surface area (Å²) in [5, 5.41) is 15.5. The van der Waals surface area contributed by atoms with Crippen molar-refractivity contribution in [2.75, 3.05) is 18.9 Å². The summed E-state index contributed by atoms with van der Waals surface area (Å²) in [6.07, 6.45) is 0. The number of hydrogen-bond acceptors (Lipinski definition) is 7. The highest BCUT2D eigenvalue weighted by molar-refractivity contribution is 8.00. The highest BCUT2D eigenvalue weighted by Crippen LogP contribution is 2.21. The Bertz CT molecular complexity index is 635. The third-order valence-electron chi connectivity index (χ3n) is 2.89. The molecule has 1 atom stereocenters. The molecule has 0 aromatic heterocycles. The number of nitrogens with one attached hydrogen (secondary N) is 2. The largest absolute Gasteiger partial charge is 0.455 e. The number of nitrogens with zero attached hydrogens (tertiary/aromatic N) is 1. The molecule has 10 heteroatoms. The smallest absolute Gasteiger partial charge is 0.316 e. The maximum Gasteiger partial charge on any atom is 0.316 e. The molecular weight excluding hydrogens is 350 g/mol. The SMILES string of the molecule is CCNC(=O)[C@@H](C)NC(=O)COC(=O)CSc1ccc([N+](=O)[O-])cc1. The molecule has 1 aromatic rings. The number of ether oxygens (including phenoxy) is 1. The molecule has 2 N–H and O–H groups in total. The molecule has 1 aromatic carbocycles. The summed E-state index contributed by atoms with van der Waals surface area (Å²) < 4.78 is 4.82. The third-order valence-corrected chi connectivity index (χ3v) is 3.88. The zero-order chi connectivity index (χ0) is 18.8. The molecule has 25 heavy (non-hydrogen) atoms. The van der Waals surface area contributed by atoms with Crippen LogP contribution in [0.5, 0.6) is 0 Å². The fourth-order valence-electron chi connectivity index (χ4n) is 1.67. The molecule has 136 valence electrons. The second-order valence-corrected chi connectivity index (χ2v) is 5.93. The van der Waals surface area contributed by atoms with E-state index in [2.05, 4.69) is 10.6 Å². The van der Waals surface area contributed by atoms with Crippen LogP contribution in [0, 0.1) is 10.1 Å². The maximum atomic E-state index is 11.6. The van der Waals surface area contributed by atoms with Gasteiger partial charge in [-0.25, -0.2) is 0 Å². The normalized spacial score (nSPS) is 11.3. The minimum absolute atomic E-state index is 0.0372. The number of hydrogen-bond donors (Lipinski definition) is 2. The molecule has 0 fully saturated rings. The fraction of sp³-hybridized carbons (Fsp3) is 0.400. The summed E-state index contributed by atoms with van der Waals surface area (Å²) in [5.74, 6) is -1.55. The lowest BCUT2D eigenvalue weighted by Gasteiger charge is -2.13. The number of likely N-dealkylation sites (N-methyl/N-ethyl adjacent to an activating group) is 1. The van der Waals surface area contributed by atoms with Crippen molar-refractivity contribution in [2.24, 2.45) is 0 Å². The van der Waals surface area contributed by atoms with E-state index in [1.807, 2.05) is 0 Å². The second-order valence-electron chi connectivity index (χ2n) is 4.88. The maximum absolute atomic E-state index is 11.6. The molecule has 0 aliphatic carbocycles. The standard InChI is InChI=1S/C15H19N3O6S/c1-3-16-15(21)10(2)17-13(19)8-24-14(20)9-25-12-6-4-11(5-7-12)18(22)23/h4-7,10H,3,8-9H2,1-2H3,(H,16,21)(H,17,19)/t10-/m1/s1. The van der Waals surface area contributed by atoms with Gasteiger partial charge in [0.2, 0.25) is 5.91 Å². The first-order valence-electron chi connectivity index (χ1n) is 7.43. The fourth-order valence-corrected chi connectivity index (χ4v) is 2.37. The van der Waals surface area contributed by atoms with Crippen LogP contribution in [-0.4, -0.2) is 47.7 Å². The van der Waals surface area contributed by atoms with E-state index in [1.54, 1.807) is 6.92 Å². The minimum atomic E-state index is -0.722. The van der Waals surface area contributed by atoms with E-state index in [1.165, 1.54) is 31.2 Å². The number of benzene rings is 1. The van der Waals surface area contributed by atoms with Crippen LogP contribution < -0.4 is 10.6 Å². The molecule has 0 aliphatic rings. The van der Waals surface area contributed by atoms with Gasteiger partial charge in [0.25, 0.3) is 11.6 Å². The Labute approximate surface area is 148 Å². The number of thioether (sulfide) groups is 1. The van der Waals surface area contributed by atoms with Gasteiger partial charge in [0.1, 0.15) is 6.04 Å². The van der Waals surface area contributed by atoms with E-state index in [9.17, 15) is 24.5 Å². The number of carbonyl (C=O) groups excluding carboxylic acids is 3. The van der Waals surface area contributed by atoms with Crippen LogP contribution in [0.4, 0.5) is 5.69 Å². The van der Waals surface area contributed by atoms with Crippen molar-refractivity contribution in [3.8, 4) is 0 Å². The molecule has 0 unspecified atom stereocenters. The zero-order valence-electron chi connectivity index (χ0n) is 13.8. The van der Waals surface area contributed by atoms with Crippen LogP contribution in [0.25, 0.3) is 0 Å². The summed E-state index contributed by atoms with van der Waals surface area (Å²) in [5.41, 5.74) is -0.0372. The van der Waals surface area contributed by atoms with Crippen molar-refractivity contribution in [3.05, 3.63) is 34.4 Å². The molecule has 0 saturated heterocycles. The zero-order valence-corrected chi connectivity index (χ0v) is 14.6. The van der Waals surface area contributed by atoms with Gasteiger partial charge in [-0.1, -0.05) is 0 Å². The summed E-state index contributed by atoms with van der Waals surface area (Å²) >= 11 is 1.13. The van der Waals surface area contributed by atoms with E-state index < -0.39 is 29.4 Å². The van der Waals surface area contributed by atoms with Crippen LogP contribution >= 0.6 is 11.8 Å².